The topological polar surface area (TPSA) is 296 Å². The summed E-state index contributed by atoms with van der Waals surface area (Å²) in [6.07, 6.45) is 1.33. The Balaban J connectivity index is 0.000000205. The largest absolute Gasteiger partial charge is 0.493 e. The van der Waals surface area contributed by atoms with Gasteiger partial charge in [0.25, 0.3) is 0 Å². The Morgan fingerprint density at radius 1 is 0.342 bits per heavy atom. The molecule has 8 aliphatic rings. The third-order valence-electron chi connectivity index (χ3n) is 24.6. The molecule has 0 radical (unpaired) electrons. The van der Waals surface area contributed by atoms with Crippen LogP contribution in [0.5, 0.6) is 46.0 Å². The minimum atomic E-state index is -2.81. The van der Waals surface area contributed by atoms with Crippen LogP contribution in [0.4, 0.5) is 0 Å². The van der Waals surface area contributed by atoms with Gasteiger partial charge in [0, 0.05) is 126 Å². The summed E-state index contributed by atoms with van der Waals surface area (Å²) in [5, 5.41) is 0. The molecule has 0 amide bonds. The van der Waals surface area contributed by atoms with Gasteiger partial charge in [-0.3, -0.25) is 38.8 Å². The van der Waals surface area contributed by atoms with E-state index >= 15 is 0 Å². The summed E-state index contributed by atoms with van der Waals surface area (Å²) in [7, 11) is 2.93. The second-order valence-electron chi connectivity index (χ2n) is 36.6. The molecule has 8 aliphatic heterocycles. The number of nitrogens with zero attached hydrogens (tertiary/aromatic N) is 4. The van der Waals surface area contributed by atoms with Crippen molar-refractivity contribution in [3.63, 3.8) is 0 Å². The maximum Gasteiger partial charge on any atom is 0.323 e. The van der Waals surface area contributed by atoms with Crippen LogP contribution in [0.15, 0.2) is 48.3 Å². The smallest absolute Gasteiger partial charge is 0.323 e. The predicted octanol–water partition coefficient (Wildman–Crippen LogP) is 14.3. The molecule has 8 heterocycles. The fourth-order valence-corrected chi connectivity index (χ4v) is 17.8. The maximum absolute atomic E-state index is 12.9. The highest BCUT2D eigenvalue weighted by molar-refractivity contribution is 5.77. The summed E-state index contributed by atoms with van der Waals surface area (Å²) in [5.41, 5.74) is 29.2. The zero-order chi connectivity index (χ0) is 103. The van der Waals surface area contributed by atoms with Gasteiger partial charge >= 0.3 is 23.9 Å². The Labute approximate surface area is 742 Å². The predicted molar refractivity (Wildman–Crippen MR) is 471 cm³/mol. The molecule has 8 N–H and O–H groups in total. The van der Waals surface area contributed by atoms with E-state index in [9.17, 15) is 23.3 Å². The Bertz CT molecular complexity index is 4760. The van der Waals surface area contributed by atoms with Crippen LogP contribution in [-0.4, -0.2) is 201 Å². The van der Waals surface area contributed by atoms with Crippen LogP contribution in [0.25, 0.3) is 0 Å². The van der Waals surface area contributed by atoms with Crippen molar-refractivity contribution < 1.29 is 99.3 Å². The van der Waals surface area contributed by atoms with Gasteiger partial charge in [-0.15, -0.1) is 0 Å². The summed E-state index contributed by atoms with van der Waals surface area (Å²) in [4.78, 5) is 60.2. The number of hydrogen-bond acceptors (Lipinski definition) is 24. The van der Waals surface area contributed by atoms with E-state index in [-0.39, 0.29) is 191 Å². The number of ether oxygens (including phenoxy) is 12. The molecule has 4 saturated heterocycles. The number of benzene rings is 4. The molecule has 120 heavy (non-hydrogen) atoms. The summed E-state index contributed by atoms with van der Waals surface area (Å²) >= 11 is 0. The van der Waals surface area contributed by atoms with Crippen molar-refractivity contribution in [3.05, 3.63) is 92.8 Å². The quantitative estimate of drug-likeness (QED) is 0.0303. The Kier molecular flexibility index (Phi) is 27.2. The highest BCUT2D eigenvalue weighted by Gasteiger charge is 2.47. The van der Waals surface area contributed by atoms with Crippen LogP contribution in [0.2, 0.25) is 0 Å². The van der Waals surface area contributed by atoms with Gasteiger partial charge in [-0.2, -0.15) is 0 Å². The van der Waals surface area contributed by atoms with E-state index < -0.39 is 86.4 Å². The zero-order valence-electron chi connectivity index (χ0n) is 92.4. The number of piperidine rings is 4. The minimum absolute atomic E-state index is 0.0127. The van der Waals surface area contributed by atoms with Crippen molar-refractivity contribution in [1.82, 2.24) is 19.6 Å². The molecule has 0 aromatic heterocycles. The number of nitrogens with two attached hydrogens (primary N) is 4. The molecule has 0 saturated carbocycles. The van der Waals surface area contributed by atoms with Gasteiger partial charge in [0.15, 0.2) is 46.0 Å². The highest BCUT2D eigenvalue weighted by Crippen LogP contribution is 2.50. The molecular weight excluding hydrogens is 1520 g/mol. The lowest BCUT2D eigenvalue weighted by Crippen LogP contribution is -2.51. The average Bonchev–Trinajstić information content (AvgIpc) is 0.737. The molecule has 0 aliphatic carbocycles. The SMILES string of the molecule is [2H]c1c2c(c([2H])c(OC)c1OC([2H])([2H])[2H])C1CC(OC(=O)[C@@H](N)C(C)C)C(CC(C)C)CN1CC2.[2H]c1c2c(c([2H])c(OC)c1OC([2H])([2H])[2H])C1CC([2H])(OC(=O)[C@@H](N)C(C)C)C(CC(C)C)CN1CC2.[2H]c1c2c(c([2H])c(OC)c1OC)C1CC([2H])(OC(=O)[C@@H](N)C(C)C)C(CC(C)C)CN1CC2.[2H]c1c2c(c([2H])c(OC)c1OC)C1CC([2H])(OC(=O)[C@@H](N)C(C)C)C(CC(C)C)CN1CC2. The number of methoxy groups -OCH3 is 8. The van der Waals surface area contributed by atoms with E-state index in [4.69, 9.17) is 99.0 Å². The fraction of sp³-hybridized carbons (Fsp3) is 0.708. The lowest BCUT2D eigenvalue weighted by molar-refractivity contribution is -0.161. The van der Waals surface area contributed by atoms with Crippen molar-refractivity contribution >= 4 is 23.9 Å². The normalized spacial score (nSPS) is 29.0. The summed E-state index contributed by atoms with van der Waals surface area (Å²) in [6, 6.07) is -4.02. The average molecular weight is 1690 g/mol. The van der Waals surface area contributed by atoms with Gasteiger partial charge in [0.2, 0.25) is 0 Å². The molecule has 24 heteroatoms. The van der Waals surface area contributed by atoms with Gasteiger partial charge in [-0.25, -0.2) is 0 Å². The molecule has 4 aromatic rings. The van der Waals surface area contributed by atoms with E-state index in [1.807, 2.05) is 55.4 Å². The van der Waals surface area contributed by atoms with E-state index in [1.165, 1.54) is 42.7 Å². The molecule has 672 valence electrons. The maximum atomic E-state index is 12.9. The molecule has 16 atom stereocenters. The van der Waals surface area contributed by atoms with Crippen LogP contribution in [0.1, 0.15) is 254 Å². The van der Waals surface area contributed by atoms with Crippen molar-refractivity contribution in [3.8, 4) is 46.0 Å². The van der Waals surface area contributed by atoms with Crippen LogP contribution >= 0.6 is 0 Å². The zero-order valence-corrected chi connectivity index (χ0v) is 75.4. The van der Waals surface area contributed by atoms with E-state index in [0.29, 0.717) is 142 Å². The Morgan fingerprint density at radius 2 is 0.558 bits per heavy atom. The second kappa shape index (κ2) is 43.9. The third kappa shape index (κ3) is 23.8. The number of carbonyl (C=O) groups is 4. The molecule has 12 unspecified atom stereocenters. The number of carbonyl (C=O) groups excluding carboxylic acids is 4. The van der Waals surface area contributed by atoms with Crippen molar-refractivity contribution in [2.75, 3.05) is 109 Å². The summed E-state index contributed by atoms with van der Waals surface area (Å²) in [5.74, 6) is -1.41. The number of esters is 4. The summed E-state index contributed by atoms with van der Waals surface area (Å²) < 4.78 is 209. The van der Waals surface area contributed by atoms with Crippen LogP contribution < -0.4 is 60.8 Å². The van der Waals surface area contributed by atoms with Crippen molar-refractivity contribution in [1.29, 1.82) is 0 Å². The van der Waals surface area contributed by atoms with E-state index in [1.54, 1.807) is 0 Å². The molecular formula is C96H152N8O16. The molecule has 0 spiro atoms. The molecule has 12 rings (SSSR count). The monoisotopic (exact) mass is 1690 g/mol. The minimum Gasteiger partial charge on any atom is -0.493 e. The van der Waals surface area contributed by atoms with Gasteiger partial charge in [-0.05, 0) is 192 Å². The number of hydrogen-bond donors (Lipinski definition) is 4. The van der Waals surface area contributed by atoms with Crippen molar-refractivity contribution in [2.24, 2.45) is 93.9 Å². The molecule has 24 nitrogen and oxygen atoms in total. The first-order valence-electron chi connectivity index (χ1n) is 51.9. The Morgan fingerprint density at radius 3 is 0.792 bits per heavy atom. The van der Waals surface area contributed by atoms with Gasteiger partial charge in [-0.1, -0.05) is 111 Å². The molecule has 4 fully saturated rings. The van der Waals surface area contributed by atoms with Gasteiger partial charge in [0.1, 0.15) is 48.5 Å². The standard InChI is InChI=1S/4C24H38N2O4/c4*1-14(2)9-17-13-26-8-7-16-10-21(28-5)22(29-6)11-18(16)19(26)12-20(17)30-24(27)23(25)15(3)4/h4*10-11,14-15,17,19-20,23H,7-9,12-13,25H2,1-6H3/t4*17?,19?,20?,23-/m0000/s1/i5D3,10D,11D,20D;2*10D,11D,20D;5D3,10D,11D. The van der Waals surface area contributed by atoms with E-state index in [2.05, 4.69) is 75.0 Å². The third-order valence-corrected chi connectivity index (χ3v) is 24.6. The molecule has 0 bridgehead atoms. The lowest BCUT2D eigenvalue weighted by atomic mass is 9.79. The molecule has 4 aromatic carbocycles. The highest BCUT2D eigenvalue weighted by atomic mass is 16.6. The number of rotatable bonds is 28. The Hall–Kier alpha value is -7.16. The second-order valence-corrected chi connectivity index (χ2v) is 36.6. The first-order valence-corrected chi connectivity index (χ1v) is 43.4. The lowest BCUT2D eigenvalue weighted by Gasteiger charge is -2.47. The number of fused-ring (bicyclic) bond motifs is 12. The first kappa shape index (κ1) is 74.3. The van der Waals surface area contributed by atoms with E-state index in [0.717, 1.165) is 30.4 Å². The first-order chi connectivity index (χ1) is 63.7. The van der Waals surface area contributed by atoms with Crippen molar-refractivity contribution in [2.45, 2.75) is 261 Å². The van der Waals surface area contributed by atoms with Crippen LogP contribution in [0, 0.1) is 71.0 Å². The summed E-state index contributed by atoms with van der Waals surface area (Å²) in [6.45, 7) is 36.6. The van der Waals surface area contributed by atoms with Crippen LogP contribution in [0.3, 0.4) is 0 Å². The van der Waals surface area contributed by atoms with Gasteiger partial charge < -0.3 is 79.8 Å². The van der Waals surface area contributed by atoms with Crippen LogP contribution in [-0.2, 0) is 63.8 Å². The fourth-order valence-electron chi connectivity index (χ4n) is 17.8. The van der Waals surface area contributed by atoms with Gasteiger partial charge in [0.05, 0.1) is 80.0 Å².